The lowest BCUT2D eigenvalue weighted by Crippen LogP contribution is -2.25. The standard InChI is InChI=1S/C23H21N3O2/c1-16-8-6-7-11-18(16)21-25-19-12-14-24-22(28-2)20(19)23(27)26(21)15-13-17-9-4-3-5-10-17/h3-12,14H,13,15H2,1-2H3. The molecule has 0 saturated heterocycles. The van der Waals surface area contributed by atoms with E-state index < -0.39 is 0 Å². The average molecular weight is 371 g/mol. The van der Waals surface area contributed by atoms with E-state index in [4.69, 9.17) is 9.72 Å². The highest BCUT2D eigenvalue weighted by atomic mass is 16.5. The first-order chi connectivity index (χ1) is 13.7. The fourth-order valence-electron chi connectivity index (χ4n) is 3.41. The van der Waals surface area contributed by atoms with Gasteiger partial charge in [-0.15, -0.1) is 0 Å². The number of hydrogen-bond acceptors (Lipinski definition) is 4. The smallest absolute Gasteiger partial charge is 0.267 e. The predicted molar refractivity (Wildman–Crippen MR) is 111 cm³/mol. The van der Waals surface area contributed by atoms with Gasteiger partial charge >= 0.3 is 0 Å². The number of aromatic nitrogens is 3. The fourth-order valence-corrected chi connectivity index (χ4v) is 3.41. The van der Waals surface area contributed by atoms with Crippen LogP contribution in [0.4, 0.5) is 0 Å². The van der Waals surface area contributed by atoms with E-state index in [0.29, 0.717) is 29.2 Å². The van der Waals surface area contributed by atoms with Crippen molar-refractivity contribution >= 4 is 10.9 Å². The number of benzene rings is 2. The number of ether oxygens (including phenoxy) is 1. The van der Waals surface area contributed by atoms with Crippen molar-refractivity contribution < 1.29 is 4.74 Å². The Morgan fingerprint density at radius 2 is 1.75 bits per heavy atom. The molecule has 0 radical (unpaired) electrons. The number of aryl methyl sites for hydroxylation is 2. The lowest BCUT2D eigenvalue weighted by Gasteiger charge is -2.16. The van der Waals surface area contributed by atoms with Gasteiger partial charge in [0.25, 0.3) is 5.56 Å². The number of fused-ring (bicyclic) bond motifs is 1. The molecule has 5 nitrogen and oxygen atoms in total. The quantitative estimate of drug-likeness (QED) is 0.532. The zero-order chi connectivity index (χ0) is 19.5. The maximum absolute atomic E-state index is 13.4. The number of nitrogens with zero attached hydrogens (tertiary/aromatic N) is 3. The molecule has 0 aliphatic rings. The first-order valence-corrected chi connectivity index (χ1v) is 9.22. The Hall–Kier alpha value is -3.47. The third kappa shape index (κ3) is 3.27. The predicted octanol–water partition coefficient (Wildman–Crippen LogP) is 4.02. The Balaban J connectivity index is 1.93. The van der Waals surface area contributed by atoms with Gasteiger partial charge in [-0.25, -0.2) is 9.97 Å². The molecule has 4 aromatic rings. The Morgan fingerprint density at radius 1 is 1.00 bits per heavy atom. The van der Waals surface area contributed by atoms with Crippen LogP contribution in [0, 0.1) is 6.92 Å². The molecule has 0 amide bonds. The Labute approximate surface area is 163 Å². The maximum atomic E-state index is 13.4. The molecule has 0 aliphatic carbocycles. The van der Waals surface area contributed by atoms with E-state index in [-0.39, 0.29) is 5.56 Å². The van der Waals surface area contributed by atoms with Crippen LogP contribution < -0.4 is 10.3 Å². The van der Waals surface area contributed by atoms with Crippen LogP contribution in [0.5, 0.6) is 5.88 Å². The van der Waals surface area contributed by atoms with Crippen molar-refractivity contribution in [2.45, 2.75) is 19.9 Å². The molecule has 2 aromatic heterocycles. The van der Waals surface area contributed by atoms with Gasteiger partial charge in [0.15, 0.2) is 0 Å². The van der Waals surface area contributed by atoms with E-state index in [9.17, 15) is 4.79 Å². The second-order valence-corrected chi connectivity index (χ2v) is 6.66. The van der Waals surface area contributed by atoms with Crippen molar-refractivity contribution in [1.82, 2.24) is 14.5 Å². The normalized spacial score (nSPS) is 10.9. The van der Waals surface area contributed by atoms with Crippen molar-refractivity contribution in [3.8, 4) is 17.3 Å². The molecule has 0 N–H and O–H groups in total. The minimum atomic E-state index is -0.135. The Kier molecular flexibility index (Phi) is 4.89. The van der Waals surface area contributed by atoms with Gasteiger partial charge in [-0.1, -0.05) is 54.6 Å². The van der Waals surface area contributed by atoms with Gasteiger partial charge < -0.3 is 4.74 Å². The monoisotopic (exact) mass is 371 g/mol. The lowest BCUT2D eigenvalue weighted by molar-refractivity contribution is 0.402. The number of rotatable bonds is 5. The highest BCUT2D eigenvalue weighted by Crippen LogP contribution is 2.25. The highest BCUT2D eigenvalue weighted by Gasteiger charge is 2.17. The second-order valence-electron chi connectivity index (χ2n) is 6.66. The summed E-state index contributed by atoms with van der Waals surface area (Å²) in [6.07, 6.45) is 2.35. The molecule has 5 heteroatoms. The number of hydrogen-bond donors (Lipinski definition) is 0. The molecule has 0 bridgehead atoms. The minimum absolute atomic E-state index is 0.135. The van der Waals surface area contributed by atoms with Crippen LogP contribution in [-0.4, -0.2) is 21.6 Å². The van der Waals surface area contributed by atoms with E-state index in [1.165, 1.54) is 12.7 Å². The van der Waals surface area contributed by atoms with Crippen molar-refractivity contribution in [2.75, 3.05) is 7.11 Å². The van der Waals surface area contributed by atoms with Gasteiger partial charge in [-0.2, -0.15) is 0 Å². The average Bonchev–Trinajstić information content (AvgIpc) is 2.73. The molecule has 0 atom stereocenters. The topological polar surface area (TPSA) is 57.0 Å². The first-order valence-electron chi connectivity index (χ1n) is 9.22. The third-order valence-electron chi connectivity index (χ3n) is 4.88. The molecular weight excluding hydrogens is 350 g/mol. The Bertz CT molecular complexity index is 1180. The van der Waals surface area contributed by atoms with Crippen molar-refractivity contribution in [3.05, 3.63) is 88.3 Å². The van der Waals surface area contributed by atoms with Gasteiger partial charge in [-0.05, 0) is 30.5 Å². The molecule has 0 unspecified atom stereocenters. The summed E-state index contributed by atoms with van der Waals surface area (Å²) in [5, 5.41) is 0.412. The molecular formula is C23H21N3O2. The molecule has 0 saturated carbocycles. The summed E-state index contributed by atoms with van der Waals surface area (Å²) in [4.78, 5) is 22.5. The van der Waals surface area contributed by atoms with Crippen LogP contribution in [-0.2, 0) is 13.0 Å². The number of methoxy groups -OCH3 is 1. The SMILES string of the molecule is COc1nccc2nc(-c3ccccc3C)n(CCc3ccccc3)c(=O)c12. The van der Waals surface area contributed by atoms with Gasteiger partial charge in [0.2, 0.25) is 5.88 Å². The minimum Gasteiger partial charge on any atom is -0.480 e. The van der Waals surface area contributed by atoms with E-state index in [1.807, 2.05) is 49.4 Å². The van der Waals surface area contributed by atoms with Gasteiger partial charge in [0.05, 0.1) is 12.6 Å². The van der Waals surface area contributed by atoms with Crippen LogP contribution in [0.1, 0.15) is 11.1 Å². The van der Waals surface area contributed by atoms with E-state index in [0.717, 1.165) is 17.5 Å². The lowest BCUT2D eigenvalue weighted by atomic mass is 10.1. The molecule has 2 aromatic carbocycles. The zero-order valence-corrected chi connectivity index (χ0v) is 15.9. The molecule has 0 spiro atoms. The van der Waals surface area contributed by atoms with Crippen LogP contribution in [0.15, 0.2) is 71.7 Å². The van der Waals surface area contributed by atoms with Crippen molar-refractivity contribution in [2.24, 2.45) is 0 Å². The van der Waals surface area contributed by atoms with Crippen LogP contribution >= 0.6 is 0 Å². The van der Waals surface area contributed by atoms with Crippen LogP contribution in [0.25, 0.3) is 22.3 Å². The highest BCUT2D eigenvalue weighted by molar-refractivity contribution is 5.84. The van der Waals surface area contributed by atoms with E-state index >= 15 is 0 Å². The largest absolute Gasteiger partial charge is 0.480 e. The molecule has 140 valence electrons. The summed E-state index contributed by atoms with van der Waals surface area (Å²) in [6, 6.07) is 19.9. The van der Waals surface area contributed by atoms with E-state index in [1.54, 1.807) is 16.8 Å². The summed E-state index contributed by atoms with van der Waals surface area (Å²) in [5.74, 6) is 0.972. The fraction of sp³-hybridized carbons (Fsp3) is 0.174. The van der Waals surface area contributed by atoms with E-state index in [2.05, 4.69) is 17.1 Å². The maximum Gasteiger partial charge on any atom is 0.267 e. The zero-order valence-electron chi connectivity index (χ0n) is 15.9. The molecule has 4 rings (SSSR count). The Morgan fingerprint density at radius 3 is 2.50 bits per heavy atom. The van der Waals surface area contributed by atoms with Crippen LogP contribution in [0.3, 0.4) is 0 Å². The molecule has 0 fully saturated rings. The summed E-state index contributed by atoms with van der Waals surface area (Å²) in [5.41, 5.74) is 3.65. The molecule has 0 aliphatic heterocycles. The summed E-state index contributed by atoms with van der Waals surface area (Å²) >= 11 is 0. The molecule has 2 heterocycles. The summed E-state index contributed by atoms with van der Waals surface area (Å²) in [6.45, 7) is 2.55. The number of pyridine rings is 1. The van der Waals surface area contributed by atoms with Crippen molar-refractivity contribution in [1.29, 1.82) is 0 Å². The molecule has 28 heavy (non-hydrogen) atoms. The third-order valence-corrected chi connectivity index (χ3v) is 4.88. The first kappa shape index (κ1) is 17.9. The van der Waals surface area contributed by atoms with Gasteiger partial charge in [0, 0.05) is 18.3 Å². The second kappa shape index (κ2) is 7.64. The summed E-state index contributed by atoms with van der Waals surface area (Å²) < 4.78 is 7.07. The van der Waals surface area contributed by atoms with Crippen LogP contribution in [0.2, 0.25) is 0 Å². The van der Waals surface area contributed by atoms with Gasteiger partial charge in [0.1, 0.15) is 11.2 Å². The summed E-state index contributed by atoms with van der Waals surface area (Å²) in [7, 11) is 1.52. The van der Waals surface area contributed by atoms with Gasteiger partial charge in [-0.3, -0.25) is 9.36 Å². The van der Waals surface area contributed by atoms with Crippen molar-refractivity contribution in [3.63, 3.8) is 0 Å².